The zero-order valence-electron chi connectivity index (χ0n) is 11.7. The first-order valence-electron chi connectivity index (χ1n) is 6.63. The summed E-state index contributed by atoms with van der Waals surface area (Å²) in [7, 11) is 1.88. The van der Waals surface area contributed by atoms with Gasteiger partial charge in [-0.25, -0.2) is 4.98 Å². The zero-order valence-corrected chi connectivity index (χ0v) is 11.7. The van der Waals surface area contributed by atoms with E-state index in [0.29, 0.717) is 6.54 Å². The van der Waals surface area contributed by atoms with E-state index in [1.54, 1.807) is 23.3 Å². The molecule has 106 valence electrons. The molecular formula is C15H16N6. The van der Waals surface area contributed by atoms with Gasteiger partial charge in [0.25, 0.3) is 0 Å². The quantitative estimate of drug-likeness (QED) is 0.764. The van der Waals surface area contributed by atoms with Gasteiger partial charge in [-0.05, 0) is 35.4 Å². The molecule has 6 heteroatoms. The summed E-state index contributed by atoms with van der Waals surface area (Å²) >= 11 is 0. The van der Waals surface area contributed by atoms with Crippen molar-refractivity contribution < 1.29 is 0 Å². The van der Waals surface area contributed by atoms with E-state index in [9.17, 15) is 0 Å². The van der Waals surface area contributed by atoms with Crippen molar-refractivity contribution in [3.63, 3.8) is 0 Å². The maximum absolute atomic E-state index is 5.64. The number of nitrogens with one attached hydrogen (secondary N) is 1. The second kappa shape index (κ2) is 5.72. The fraction of sp³-hybridized carbons (Fsp3) is 0.133. The van der Waals surface area contributed by atoms with Gasteiger partial charge < -0.3 is 11.1 Å². The number of aromatic nitrogens is 4. The lowest BCUT2D eigenvalue weighted by atomic mass is 10.1. The first-order chi connectivity index (χ1) is 10.3. The highest BCUT2D eigenvalue weighted by Gasteiger charge is 2.04. The molecule has 0 bridgehead atoms. The number of anilines is 2. The second-order valence-electron chi connectivity index (χ2n) is 4.63. The van der Waals surface area contributed by atoms with Crippen molar-refractivity contribution in [1.82, 2.24) is 19.7 Å². The van der Waals surface area contributed by atoms with Gasteiger partial charge >= 0.3 is 0 Å². The molecule has 3 N–H and O–H groups in total. The van der Waals surface area contributed by atoms with Crippen molar-refractivity contribution in [3.05, 3.63) is 54.6 Å². The van der Waals surface area contributed by atoms with Gasteiger partial charge in [-0.3, -0.25) is 9.67 Å². The smallest absolute Gasteiger partial charge is 0.132 e. The monoisotopic (exact) mass is 280 g/mol. The predicted octanol–water partition coefficient (Wildman–Crippen LogP) is 2.08. The van der Waals surface area contributed by atoms with Gasteiger partial charge in [0.05, 0.1) is 11.9 Å². The van der Waals surface area contributed by atoms with Crippen LogP contribution in [0.2, 0.25) is 0 Å². The van der Waals surface area contributed by atoms with E-state index in [1.807, 2.05) is 37.4 Å². The second-order valence-corrected chi connectivity index (χ2v) is 4.63. The molecule has 0 unspecified atom stereocenters. The Morgan fingerprint density at radius 2 is 1.81 bits per heavy atom. The minimum Gasteiger partial charge on any atom is -0.325 e. The summed E-state index contributed by atoms with van der Waals surface area (Å²) in [4.78, 5) is 8.54. The SMILES string of the molecule is Cn1nccc1Nc1cc(-c2ccnc(CN)c2)ccn1. The predicted molar refractivity (Wildman–Crippen MR) is 81.9 cm³/mol. The summed E-state index contributed by atoms with van der Waals surface area (Å²) in [6.45, 7) is 0.430. The topological polar surface area (TPSA) is 81.7 Å². The maximum Gasteiger partial charge on any atom is 0.132 e. The van der Waals surface area contributed by atoms with Gasteiger partial charge in [0.15, 0.2) is 0 Å². The number of hydrogen-bond donors (Lipinski definition) is 2. The number of aryl methyl sites for hydroxylation is 1. The summed E-state index contributed by atoms with van der Waals surface area (Å²) in [5.41, 5.74) is 8.64. The Balaban J connectivity index is 1.90. The third kappa shape index (κ3) is 2.90. The fourth-order valence-electron chi connectivity index (χ4n) is 2.08. The number of rotatable bonds is 4. The van der Waals surface area contributed by atoms with Crippen LogP contribution in [0.5, 0.6) is 0 Å². The highest BCUT2D eigenvalue weighted by molar-refractivity contribution is 5.67. The summed E-state index contributed by atoms with van der Waals surface area (Å²) in [6.07, 6.45) is 5.28. The van der Waals surface area contributed by atoms with E-state index in [4.69, 9.17) is 5.73 Å². The molecule has 0 saturated heterocycles. The van der Waals surface area contributed by atoms with E-state index in [2.05, 4.69) is 20.4 Å². The van der Waals surface area contributed by atoms with Crippen molar-refractivity contribution >= 4 is 11.6 Å². The minimum absolute atomic E-state index is 0.430. The average molecular weight is 280 g/mol. The third-order valence-electron chi connectivity index (χ3n) is 3.20. The number of nitrogens with zero attached hydrogens (tertiary/aromatic N) is 4. The molecule has 21 heavy (non-hydrogen) atoms. The minimum atomic E-state index is 0.430. The molecule has 6 nitrogen and oxygen atoms in total. The van der Waals surface area contributed by atoms with E-state index < -0.39 is 0 Å². The summed E-state index contributed by atoms with van der Waals surface area (Å²) in [5.74, 6) is 1.65. The molecule has 0 fully saturated rings. The Labute approximate surface area is 122 Å². The lowest BCUT2D eigenvalue weighted by Gasteiger charge is -2.08. The van der Waals surface area contributed by atoms with Gasteiger partial charge in [-0.2, -0.15) is 5.10 Å². The van der Waals surface area contributed by atoms with Crippen LogP contribution < -0.4 is 11.1 Å². The first kappa shape index (κ1) is 13.3. The molecule has 0 spiro atoms. The maximum atomic E-state index is 5.64. The molecule has 0 aromatic carbocycles. The Bertz CT molecular complexity index is 749. The van der Waals surface area contributed by atoms with Crippen LogP contribution in [0, 0.1) is 0 Å². The zero-order chi connectivity index (χ0) is 14.7. The first-order valence-corrected chi connectivity index (χ1v) is 6.63. The van der Waals surface area contributed by atoms with Gasteiger partial charge in [-0.15, -0.1) is 0 Å². The number of nitrogens with two attached hydrogens (primary N) is 1. The molecular weight excluding hydrogens is 264 g/mol. The van der Waals surface area contributed by atoms with Crippen LogP contribution in [0.4, 0.5) is 11.6 Å². The Morgan fingerprint density at radius 1 is 1.05 bits per heavy atom. The van der Waals surface area contributed by atoms with Crippen molar-refractivity contribution in [1.29, 1.82) is 0 Å². The summed E-state index contributed by atoms with van der Waals surface area (Å²) in [6, 6.07) is 9.80. The van der Waals surface area contributed by atoms with Crippen LogP contribution in [0.3, 0.4) is 0 Å². The van der Waals surface area contributed by atoms with Crippen LogP contribution in [0.25, 0.3) is 11.1 Å². The van der Waals surface area contributed by atoms with Crippen LogP contribution in [0.15, 0.2) is 48.9 Å². The molecule has 3 rings (SSSR count). The van der Waals surface area contributed by atoms with Crippen LogP contribution >= 0.6 is 0 Å². The molecule has 0 aliphatic carbocycles. The third-order valence-corrected chi connectivity index (χ3v) is 3.20. The fourth-order valence-corrected chi connectivity index (χ4v) is 2.08. The van der Waals surface area contributed by atoms with E-state index in [-0.39, 0.29) is 0 Å². The lowest BCUT2D eigenvalue weighted by Crippen LogP contribution is -2.01. The van der Waals surface area contributed by atoms with E-state index >= 15 is 0 Å². The Morgan fingerprint density at radius 3 is 2.52 bits per heavy atom. The van der Waals surface area contributed by atoms with Gasteiger partial charge in [0.1, 0.15) is 11.6 Å². The molecule has 0 saturated carbocycles. The summed E-state index contributed by atoms with van der Waals surface area (Å²) < 4.78 is 1.76. The van der Waals surface area contributed by atoms with Gasteiger partial charge in [0, 0.05) is 32.1 Å². The molecule has 0 aliphatic rings. The van der Waals surface area contributed by atoms with Crippen LogP contribution in [-0.2, 0) is 13.6 Å². The Kier molecular flexibility index (Phi) is 3.61. The Hall–Kier alpha value is -2.73. The average Bonchev–Trinajstić information content (AvgIpc) is 2.93. The molecule has 3 aromatic heterocycles. The van der Waals surface area contributed by atoms with Gasteiger partial charge in [0.2, 0.25) is 0 Å². The molecule has 0 atom stereocenters. The molecule has 3 heterocycles. The highest BCUT2D eigenvalue weighted by atomic mass is 15.3. The standard InChI is InChI=1S/C15H16N6/c1-21-15(4-7-19-21)20-14-9-12(3-6-18-14)11-2-5-17-13(8-11)10-16/h2-9H,10,16H2,1H3,(H,18,20). The molecule has 0 aliphatic heterocycles. The molecule has 0 radical (unpaired) electrons. The normalized spacial score (nSPS) is 10.6. The van der Waals surface area contributed by atoms with E-state index in [0.717, 1.165) is 28.5 Å². The van der Waals surface area contributed by atoms with Crippen molar-refractivity contribution in [2.75, 3.05) is 5.32 Å². The lowest BCUT2D eigenvalue weighted by molar-refractivity contribution is 0.776. The van der Waals surface area contributed by atoms with Crippen LogP contribution in [-0.4, -0.2) is 19.7 Å². The van der Waals surface area contributed by atoms with Crippen molar-refractivity contribution in [2.45, 2.75) is 6.54 Å². The summed E-state index contributed by atoms with van der Waals surface area (Å²) in [5, 5.41) is 7.36. The van der Waals surface area contributed by atoms with Gasteiger partial charge in [-0.1, -0.05) is 0 Å². The highest BCUT2D eigenvalue weighted by Crippen LogP contribution is 2.23. The van der Waals surface area contributed by atoms with Crippen molar-refractivity contribution in [2.24, 2.45) is 12.8 Å². The van der Waals surface area contributed by atoms with Crippen molar-refractivity contribution in [3.8, 4) is 11.1 Å². The van der Waals surface area contributed by atoms with Crippen LogP contribution in [0.1, 0.15) is 5.69 Å². The number of pyridine rings is 2. The molecule has 0 amide bonds. The molecule has 3 aromatic rings. The largest absolute Gasteiger partial charge is 0.325 e. The number of hydrogen-bond acceptors (Lipinski definition) is 5. The van der Waals surface area contributed by atoms with E-state index in [1.165, 1.54) is 0 Å².